The van der Waals surface area contributed by atoms with Crippen LogP contribution in [0.15, 0.2) is 18.2 Å². The van der Waals surface area contributed by atoms with Crippen LogP contribution >= 0.6 is 0 Å². The molecular weight excluding hydrogens is 323 g/mol. The van der Waals surface area contributed by atoms with E-state index in [2.05, 4.69) is 9.97 Å². The number of imidazole rings is 1. The zero-order chi connectivity index (χ0) is 17.6. The number of carbonyl (C=O) groups is 1. The number of amides is 1. The molecular formula is C18H23FN4O2. The first kappa shape index (κ1) is 16.5. The van der Waals surface area contributed by atoms with Crippen molar-refractivity contribution in [1.29, 1.82) is 0 Å². The Balaban J connectivity index is 1.40. The number of benzene rings is 1. The number of carbonyl (C=O) groups excluding carboxylic acids is 1. The highest BCUT2D eigenvalue weighted by Gasteiger charge is 2.37. The Morgan fingerprint density at radius 2 is 2.08 bits per heavy atom. The standard InChI is InChI=1S/C18H23FN4O2/c19-12-1-2-14-15(9-12)22-17(21-14)10-3-5-23(6-4-10)18(25)11-7-13(20)16(24)8-11/h1-2,9-11,13,16,24H,3-8,20H2,(H,21,22)/t11-,13-,16-/m0/s1. The summed E-state index contributed by atoms with van der Waals surface area (Å²) in [5.74, 6) is 0.787. The number of aliphatic hydroxyl groups excluding tert-OH is 1. The number of hydrogen-bond acceptors (Lipinski definition) is 4. The fraction of sp³-hybridized carbons (Fsp3) is 0.556. The third-order valence-corrected chi connectivity index (χ3v) is 5.58. The average Bonchev–Trinajstić information content (AvgIpc) is 3.17. The van der Waals surface area contributed by atoms with Crippen LogP contribution in [0, 0.1) is 11.7 Å². The summed E-state index contributed by atoms with van der Waals surface area (Å²) in [5.41, 5.74) is 7.30. The smallest absolute Gasteiger partial charge is 0.225 e. The molecule has 1 aromatic carbocycles. The van der Waals surface area contributed by atoms with Gasteiger partial charge in [-0.3, -0.25) is 4.79 Å². The Bertz CT molecular complexity index is 774. The van der Waals surface area contributed by atoms with Gasteiger partial charge in [0.2, 0.25) is 5.91 Å². The molecule has 4 rings (SSSR count). The van der Waals surface area contributed by atoms with E-state index in [0.29, 0.717) is 31.4 Å². The van der Waals surface area contributed by atoms with E-state index in [1.165, 1.54) is 12.1 Å². The minimum absolute atomic E-state index is 0.108. The minimum atomic E-state index is -0.567. The number of aliphatic hydroxyl groups is 1. The summed E-state index contributed by atoms with van der Waals surface area (Å²) in [6.45, 7) is 1.35. The number of aromatic nitrogens is 2. The molecule has 1 saturated heterocycles. The van der Waals surface area contributed by atoms with Crippen molar-refractivity contribution in [3.8, 4) is 0 Å². The lowest BCUT2D eigenvalue weighted by Crippen LogP contribution is -2.41. The molecule has 4 N–H and O–H groups in total. The van der Waals surface area contributed by atoms with Crippen LogP contribution in [0.3, 0.4) is 0 Å². The predicted octanol–water partition coefficient (Wildman–Crippen LogP) is 1.51. The molecule has 0 bridgehead atoms. The number of nitrogens with two attached hydrogens (primary N) is 1. The molecule has 0 radical (unpaired) electrons. The minimum Gasteiger partial charge on any atom is -0.391 e. The Morgan fingerprint density at radius 3 is 2.76 bits per heavy atom. The SMILES string of the molecule is N[C@H]1C[C@H](C(=O)N2CCC(c3nc4ccc(F)cc4[nH]3)CC2)C[C@@H]1O. The molecule has 1 saturated carbocycles. The summed E-state index contributed by atoms with van der Waals surface area (Å²) in [6.07, 6.45) is 2.12. The Morgan fingerprint density at radius 1 is 1.32 bits per heavy atom. The van der Waals surface area contributed by atoms with Gasteiger partial charge in [-0.25, -0.2) is 9.37 Å². The summed E-state index contributed by atoms with van der Waals surface area (Å²) < 4.78 is 13.3. The average molecular weight is 346 g/mol. The van der Waals surface area contributed by atoms with E-state index in [4.69, 9.17) is 5.73 Å². The number of nitrogens with zero attached hydrogens (tertiary/aromatic N) is 2. The van der Waals surface area contributed by atoms with Gasteiger partial charge < -0.3 is 20.7 Å². The summed E-state index contributed by atoms with van der Waals surface area (Å²) >= 11 is 0. The van der Waals surface area contributed by atoms with Crippen LogP contribution in [-0.2, 0) is 4.79 Å². The molecule has 6 nitrogen and oxygen atoms in total. The molecule has 2 heterocycles. The van der Waals surface area contributed by atoms with Crippen LogP contribution in [0.25, 0.3) is 11.0 Å². The molecule has 3 atom stereocenters. The number of halogens is 1. The summed E-state index contributed by atoms with van der Waals surface area (Å²) in [7, 11) is 0. The Hall–Kier alpha value is -1.99. The number of likely N-dealkylation sites (tertiary alicyclic amines) is 1. The van der Waals surface area contributed by atoms with Crippen LogP contribution < -0.4 is 5.73 Å². The second-order valence-corrected chi connectivity index (χ2v) is 7.28. The van der Waals surface area contributed by atoms with Crippen molar-refractivity contribution in [2.75, 3.05) is 13.1 Å². The number of fused-ring (bicyclic) bond motifs is 1. The van der Waals surface area contributed by atoms with E-state index in [0.717, 1.165) is 24.2 Å². The molecule has 0 unspecified atom stereocenters. The molecule has 1 amide bonds. The lowest BCUT2D eigenvalue weighted by atomic mass is 9.94. The normalized spacial score (nSPS) is 28.0. The molecule has 7 heteroatoms. The van der Waals surface area contributed by atoms with E-state index in [1.54, 1.807) is 6.07 Å². The summed E-state index contributed by atoms with van der Waals surface area (Å²) in [5, 5.41) is 9.76. The maximum absolute atomic E-state index is 13.3. The molecule has 1 aliphatic carbocycles. The number of H-pyrrole nitrogens is 1. The van der Waals surface area contributed by atoms with Crippen molar-refractivity contribution in [1.82, 2.24) is 14.9 Å². The van der Waals surface area contributed by atoms with E-state index in [-0.39, 0.29) is 29.6 Å². The van der Waals surface area contributed by atoms with Gasteiger partial charge in [0.25, 0.3) is 0 Å². The van der Waals surface area contributed by atoms with Gasteiger partial charge in [0, 0.05) is 31.0 Å². The van der Waals surface area contributed by atoms with Crippen LogP contribution in [0.4, 0.5) is 4.39 Å². The quantitative estimate of drug-likeness (QED) is 0.768. The third-order valence-electron chi connectivity index (χ3n) is 5.58. The van der Waals surface area contributed by atoms with Gasteiger partial charge in [-0.1, -0.05) is 0 Å². The van der Waals surface area contributed by atoms with E-state index in [1.807, 2.05) is 4.90 Å². The molecule has 25 heavy (non-hydrogen) atoms. The largest absolute Gasteiger partial charge is 0.391 e. The van der Waals surface area contributed by atoms with Crippen molar-refractivity contribution < 1.29 is 14.3 Å². The first-order valence-corrected chi connectivity index (χ1v) is 8.89. The highest BCUT2D eigenvalue weighted by molar-refractivity contribution is 5.79. The number of aromatic amines is 1. The maximum atomic E-state index is 13.3. The highest BCUT2D eigenvalue weighted by atomic mass is 19.1. The van der Waals surface area contributed by atoms with Gasteiger partial charge in [-0.05, 0) is 43.9 Å². The zero-order valence-corrected chi connectivity index (χ0v) is 14.0. The molecule has 2 aliphatic rings. The van der Waals surface area contributed by atoms with Gasteiger partial charge in [0.15, 0.2) is 0 Å². The van der Waals surface area contributed by atoms with Gasteiger partial charge in [0.1, 0.15) is 11.6 Å². The van der Waals surface area contributed by atoms with Crippen LogP contribution in [-0.4, -0.2) is 51.1 Å². The van der Waals surface area contributed by atoms with Crippen molar-refractivity contribution in [2.45, 2.75) is 43.7 Å². The number of piperidine rings is 1. The van der Waals surface area contributed by atoms with Crippen LogP contribution in [0.2, 0.25) is 0 Å². The summed E-state index contributed by atoms with van der Waals surface area (Å²) in [4.78, 5) is 22.3. The lowest BCUT2D eigenvalue weighted by Gasteiger charge is -2.32. The monoisotopic (exact) mass is 346 g/mol. The third kappa shape index (κ3) is 3.14. The molecule has 0 spiro atoms. The van der Waals surface area contributed by atoms with Crippen molar-refractivity contribution >= 4 is 16.9 Å². The Kier molecular flexibility index (Phi) is 4.21. The fourth-order valence-electron chi connectivity index (χ4n) is 4.08. The predicted molar refractivity (Wildman–Crippen MR) is 91.3 cm³/mol. The van der Waals surface area contributed by atoms with Gasteiger partial charge in [-0.15, -0.1) is 0 Å². The molecule has 2 fully saturated rings. The zero-order valence-electron chi connectivity index (χ0n) is 14.0. The first-order chi connectivity index (χ1) is 12.0. The molecule has 1 aromatic heterocycles. The van der Waals surface area contributed by atoms with Crippen LogP contribution in [0.1, 0.15) is 37.4 Å². The number of rotatable bonds is 2. The first-order valence-electron chi connectivity index (χ1n) is 8.89. The fourth-order valence-corrected chi connectivity index (χ4v) is 4.08. The topological polar surface area (TPSA) is 95.2 Å². The maximum Gasteiger partial charge on any atom is 0.225 e. The van der Waals surface area contributed by atoms with E-state index < -0.39 is 6.10 Å². The molecule has 2 aromatic rings. The number of nitrogens with one attached hydrogen (secondary N) is 1. The lowest BCUT2D eigenvalue weighted by molar-refractivity contribution is -0.136. The van der Waals surface area contributed by atoms with Crippen molar-refractivity contribution in [2.24, 2.45) is 11.7 Å². The summed E-state index contributed by atoms with van der Waals surface area (Å²) in [6, 6.07) is 4.26. The van der Waals surface area contributed by atoms with Gasteiger partial charge >= 0.3 is 0 Å². The van der Waals surface area contributed by atoms with Crippen LogP contribution in [0.5, 0.6) is 0 Å². The van der Waals surface area contributed by atoms with Gasteiger partial charge in [-0.2, -0.15) is 0 Å². The van der Waals surface area contributed by atoms with Crippen molar-refractivity contribution in [3.05, 3.63) is 29.8 Å². The van der Waals surface area contributed by atoms with E-state index in [9.17, 15) is 14.3 Å². The highest BCUT2D eigenvalue weighted by Crippen LogP contribution is 2.31. The van der Waals surface area contributed by atoms with Crippen molar-refractivity contribution in [3.63, 3.8) is 0 Å². The molecule has 1 aliphatic heterocycles. The molecule has 134 valence electrons. The second-order valence-electron chi connectivity index (χ2n) is 7.28. The number of hydrogen-bond donors (Lipinski definition) is 3. The van der Waals surface area contributed by atoms with E-state index >= 15 is 0 Å². The van der Waals surface area contributed by atoms with Gasteiger partial charge in [0.05, 0.1) is 17.1 Å². The second kappa shape index (κ2) is 6.38. The Labute approximate surface area is 145 Å².